The molecule has 1 nitrogen and oxygen atoms in total. The van der Waals surface area contributed by atoms with Gasteiger partial charge in [0.05, 0.1) is 0 Å². The first-order valence-corrected chi connectivity index (χ1v) is 8.53. The molecule has 0 heterocycles. The zero-order valence-electron chi connectivity index (χ0n) is 13.9. The number of benzene rings is 1. The van der Waals surface area contributed by atoms with Crippen LogP contribution in [0.3, 0.4) is 0 Å². The molecule has 0 saturated heterocycles. The number of carbonyl (C=O) groups excluding carboxylic acids is 1. The maximum absolute atomic E-state index is 12.1. The molecule has 0 amide bonds. The van der Waals surface area contributed by atoms with Crippen molar-refractivity contribution in [2.75, 3.05) is 0 Å². The summed E-state index contributed by atoms with van der Waals surface area (Å²) < 4.78 is 0. The first kappa shape index (κ1) is 16.3. The van der Waals surface area contributed by atoms with Crippen LogP contribution < -0.4 is 0 Å². The SMILES string of the molecule is CC(C)(C)C1CCC(=O)C(CCCCc2ccccc2)C1. The number of aryl methyl sites for hydroxylation is 1. The number of Topliss-reactive ketones (excluding diaryl/α,β-unsaturated/α-hetero) is 1. The Morgan fingerprint density at radius 2 is 1.81 bits per heavy atom. The fourth-order valence-electron chi connectivity index (χ4n) is 3.54. The minimum atomic E-state index is 0.332. The van der Waals surface area contributed by atoms with Crippen molar-refractivity contribution in [3.63, 3.8) is 0 Å². The third-order valence-corrected chi connectivity index (χ3v) is 5.10. The Labute approximate surface area is 130 Å². The van der Waals surface area contributed by atoms with Crippen LogP contribution in [0.25, 0.3) is 0 Å². The van der Waals surface area contributed by atoms with E-state index >= 15 is 0 Å². The fourth-order valence-corrected chi connectivity index (χ4v) is 3.54. The van der Waals surface area contributed by atoms with Crippen LogP contribution in [0, 0.1) is 17.3 Å². The van der Waals surface area contributed by atoms with E-state index in [1.165, 1.54) is 18.4 Å². The Morgan fingerprint density at radius 1 is 1.10 bits per heavy atom. The highest BCUT2D eigenvalue weighted by Gasteiger charge is 2.34. The van der Waals surface area contributed by atoms with Gasteiger partial charge in [-0.1, -0.05) is 57.5 Å². The van der Waals surface area contributed by atoms with Crippen LogP contribution in [-0.4, -0.2) is 5.78 Å². The smallest absolute Gasteiger partial charge is 0.135 e. The third kappa shape index (κ3) is 4.98. The fraction of sp³-hybridized carbons (Fsp3) is 0.650. The molecule has 2 atom stereocenters. The second kappa shape index (κ2) is 7.24. The number of ketones is 1. The van der Waals surface area contributed by atoms with E-state index in [2.05, 4.69) is 51.1 Å². The van der Waals surface area contributed by atoms with Gasteiger partial charge in [0.25, 0.3) is 0 Å². The van der Waals surface area contributed by atoms with Gasteiger partial charge in [-0.3, -0.25) is 4.79 Å². The minimum Gasteiger partial charge on any atom is -0.299 e. The Bertz CT molecular complexity index is 441. The summed E-state index contributed by atoms with van der Waals surface area (Å²) in [5.41, 5.74) is 1.77. The number of rotatable bonds is 5. The molecule has 0 aliphatic heterocycles. The van der Waals surface area contributed by atoms with E-state index in [0.29, 0.717) is 23.0 Å². The molecule has 0 radical (unpaired) electrons. The van der Waals surface area contributed by atoms with Gasteiger partial charge in [-0.25, -0.2) is 0 Å². The van der Waals surface area contributed by atoms with E-state index in [1.54, 1.807) is 0 Å². The standard InChI is InChI=1S/C20H30O/c1-20(2,3)18-13-14-19(21)17(15-18)12-8-7-11-16-9-5-4-6-10-16/h4-6,9-10,17-18H,7-8,11-15H2,1-3H3. The van der Waals surface area contributed by atoms with Gasteiger partial charge in [0.2, 0.25) is 0 Å². The number of hydrogen-bond donors (Lipinski definition) is 0. The van der Waals surface area contributed by atoms with Gasteiger partial charge in [0.1, 0.15) is 5.78 Å². The molecule has 2 unspecified atom stereocenters. The van der Waals surface area contributed by atoms with E-state index < -0.39 is 0 Å². The maximum Gasteiger partial charge on any atom is 0.135 e. The summed E-state index contributed by atoms with van der Waals surface area (Å²) >= 11 is 0. The van der Waals surface area contributed by atoms with Gasteiger partial charge in [0, 0.05) is 12.3 Å². The molecular weight excluding hydrogens is 256 g/mol. The lowest BCUT2D eigenvalue weighted by molar-refractivity contribution is -0.126. The van der Waals surface area contributed by atoms with Crippen LogP contribution in [0.1, 0.15) is 64.9 Å². The predicted octanol–water partition coefficient (Wildman–Crippen LogP) is 5.43. The van der Waals surface area contributed by atoms with Gasteiger partial charge < -0.3 is 0 Å². The molecule has 0 N–H and O–H groups in total. The van der Waals surface area contributed by atoms with Crippen molar-refractivity contribution in [2.45, 2.75) is 65.7 Å². The molecule has 1 aliphatic carbocycles. The predicted molar refractivity (Wildman–Crippen MR) is 89.3 cm³/mol. The lowest BCUT2D eigenvalue weighted by Gasteiger charge is -2.37. The van der Waals surface area contributed by atoms with E-state index in [1.807, 2.05) is 0 Å². The van der Waals surface area contributed by atoms with Gasteiger partial charge in [-0.2, -0.15) is 0 Å². The molecule has 1 heteroatoms. The van der Waals surface area contributed by atoms with Gasteiger partial charge in [-0.05, 0) is 49.0 Å². The van der Waals surface area contributed by atoms with Crippen molar-refractivity contribution in [3.8, 4) is 0 Å². The summed E-state index contributed by atoms with van der Waals surface area (Å²) in [6.45, 7) is 6.96. The quantitative estimate of drug-likeness (QED) is 0.659. The maximum atomic E-state index is 12.1. The lowest BCUT2D eigenvalue weighted by atomic mass is 9.68. The summed E-state index contributed by atoms with van der Waals surface area (Å²) in [5, 5.41) is 0. The highest BCUT2D eigenvalue weighted by atomic mass is 16.1. The average molecular weight is 286 g/mol. The summed E-state index contributed by atoms with van der Waals surface area (Å²) in [7, 11) is 0. The van der Waals surface area contributed by atoms with Crippen molar-refractivity contribution in [2.24, 2.45) is 17.3 Å². The van der Waals surface area contributed by atoms with E-state index in [-0.39, 0.29) is 0 Å². The Balaban J connectivity index is 1.75. The number of hydrogen-bond acceptors (Lipinski definition) is 1. The van der Waals surface area contributed by atoms with Crippen LogP contribution in [0.5, 0.6) is 0 Å². The number of unbranched alkanes of at least 4 members (excludes halogenated alkanes) is 1. The molecule has 1 aliphatic rings. The van der Waals surface area contributed by atoms with Gasteiger partial charge in [0.15, 0.2) is 0 Å². The molecule has 1 saturated carbocycles. The van der Waals surface area contributed by atoms with Crippen molar-refractivity contribution >= 4 is 5.78 Å². The second-order valence-corrected chi connectivity index (χ2v) is 7.73. The first-order valence-electron chi connectivity index (χ1n) is 8.53. The van der Waals surface area contributed by atoms with Crippen molar-refractivity contribution in [1.82, 2.24) is 0 Å². The van der Waals surface area contributed by atoms with Crippen molar-refractivity contribution < 1.29 is 4.79 Å². The molecule has 0 aromatic heterocycles. The van der Waals surface area contributed by atoms with Crippen LogP contribution in [0.2, 0.25) is 0 Å². The molecule has 1 aromatic carbocycles. The Morgan fingerprint density at radius 3 is 2.48 bits per heavy atom. The lowest BCUT2D eigenvalue weighted by Crippen LogP contribution is -2.32. The molecular formula is C20H30O. The zero-order valence-corrected chi connectivity index (χ0v) is 13.9. The van der Waals surface area contributed by atoms with E-state index in [4.69, 9.17) is 0 Å². The highest BCUT2D eigenvalue weighted by molar-refractivity contribution is 5.81. The Hall–Kier alpha value is -1.11. The van der Waals surface area contributed by atoms with Crippen LogP contribution in [0.4, 0.5) is 0 Å². The van der Waals surface area contributed by atoms with Gasteiger partial charge in [-0.15, -0.1) is 0 Å². The normalized spacial score (nSPS) is 23.3. The molecule has 2 rings (SSSR count). The molecule has 21 heavy (non-hydrogen) atoms. The molecule has 116 valence electrons. The van der Waals surface area contributed by atoms with Crippen LogP contribution in [0.15, 0.2) is 30.3 Å². The minimum absolute atomic E-state index is 0.332. The van der Waals surface area contributed by atoms with Crippen LogP contribution >= 0.6 is 0 Å². The molecule has 0 bridgehead atoms. The summed E-state index contributed by atoms with van der Waals surface area (Å²) in [4.78, 5) is 12.1. The van der Waals surface area contributed by atoms with Crippen molar-refractivity contribution in [1.29, 1.82) is 0 Å². The topological polar surface area (TPSA) is 17.1 Å². The second-order valence-electron chi connectivity index (χ2n) is 7.73. The summed E-state index contributed by atoms with van der Waals surface area (Å²) in [6.07, 6.45) is 7.65. The third-order valence-electron chi connectivity index (χ3n) is 5.10. The Kier molecular flexibility index (Phi) is 5.61. The number of carbonyl (C=O) groups is 1. The van der Waals surface area contributed by atoms with Gasteiger partial charge >= 0.3 is 0 Å². The molecule has 1 aromatic rings. The molecule has 0 spiro atoms. The van der Waals surface area contributed by atoms with E-state index in [0.717, 1.165) is 32.1 Å². The first-order chi connectivity index (χ1) is 9.97. The largest absolute Gasteiger partial charge is 0.299 e. The molecule has 1 fully saturated rings. The highest BCUT2D eigenvalue weighted by Crippen LogP contribution is 2.40. The van der Waals surface area contributed by atoms with Crippen LogP contribution in [-0.2, 0) is 11.2 Å². The van der Waals surface area contributed by atoms with Crippen molar-refractivity contribution in [3.05, 3.63) is 35.9 Å². The summed E-state index contributed by atoms with van der Waals surface area (Å²) in [6, 6.07) is 10.7. The average Bonchev–Trinajstić information content (AvgIpc) is 2.45. The summed E-state index contributed by atoms with van der Waals surface area (Å²) in [5.74, 6) is 1.57. The zero-order chi connectivity index (χ0) is 15.3. The monoisotopic (exact) mass is 286 g/mol. The van der Waals surface area contributed by atoms with E-state index in [9.17, 15) is 4.79 Å².